The predicted molar refractivity (Wildman–Crippen MR) is 79.1 cm³/mol. The summed E-state index contributed by atoms with van der Waals surface area (Å²) >= 11 is 0. The zero-order chi connectivity index (χ0) is 14.9. The third kappa shape index (κ3) is 3.23. The van der Waals surface area contributed by atoms with E-state index in [9.17, 15) is 8.42 Å². The largest absolute Gasteiger partial charge is 0.269 e. The molecule has 1 fully saturated rings. The smallest absolute Gasteiger partial charge is 0.244 e. The van der Waals surface area contributed by atoms with Crippen LogP contribution in [0, 0.1) is 12.8 Å². The van der Waals surface area contributed by atoms with E-state index in [2.05, 4.69) is 16.7 Å². The van der Waals surface area contributed by atoms with Crippen LogP contribution in [-0.4, -0.2) is 24.2 Å². The van der Waals surface area contributed by atoms with Gasteiger partial charge in [-0.15, -0.1) is 0 Å². The molecule has 1 aromatic heterocycles. The molecule has 0 saturated heterocycles. The van der Waals surface area contributed by atoms with Gasteiger partial charge < -0.3 is 0 Å². The van der Waals surface area contributed by atoms with Crippen molar-refractivity contribution in [3.63, 3.8) is 0 Å². The van der Waals surface area contributed by atoms with E-state index in [0.717, 1.165) is 19.3 Å². The van der Waals surface area contributed by atoms with Gasteiger partial charge in [-0.3, -0.25) is 4.68 Å². The van der Waals surface area contributed by atoms with Crippen molar-refractivity contribution in [2.45, 2.75) is 70.4 Å². The molecule has 2 unspecified atom stereocenters. The molecule has 1 heterocycles. The molecule has 0 bridgehead atoms. The van der Waals surface area contributed by atoms with E-state index in [4.69, 9.17) is 0 Å². The van der Waals surface area contributed by atoms with Gasteiger partial charge in [0.1, 0.15) is 4.90 Å². The van der Waals surface area contributed by atoms with Crippen LogP contribution >= 0.6 is 0 Å². The molecule has 20 heavy (non-hydrogen) atoms. The maximum atomic E-state index is 12.5. The van der Waals surface area contributed by atoms with Crippen molar-refractivity contribution < 1.29 is 8.42 Å². The maximum absolute atomic E-state index is 12.5. The van der Waals surface area contributed by atoms with Crippen molar-refractivity contribution in [2.24, 2.45) is 5.92 Å². The number of aromatic nitrogens is 2. The minimum absolute atomic E-state index is 0.0514. The normalized spacial score (nSPS) is 24.2. The maximum Gasteiger partial charge on any atom is 0.244 e. The number of nitrogens with one attached hydrogen (secondary N) is 1. The molecule has 5 nitrogen and oxygen atoms in total. The second kappa shape index (κ2) is 5.85. The summed E-state index contributed by atoms with van der Waals surface area (Å²) in [7, 11) is -3.47. The van der Waals surface area contributed by atoms with Gasteiger partial charge in [0.2, 0.25) is 10.0 Å². The highest BCUT2D eigenvalue weighted by molar-refractivity contribution is 7.89. The first kappa shape index (κ1) is 15.5. The average molecular weight is 299 g/mol. The third-order valence-electron chi connectivity index (χ3n) is 4.11. The Morgan fingerprint density at radius 2 is 2.00 bits per heavy atom. The molecule has 0 aromatic carbocycles. The van der Waals surface area contributed by atoms with Gasteiger partial charge in [-0.1, -0.05) is 19.8 Å². The van der Waals surface area contributed by atoms with Crippen LogP contribution in [0.2, 0.25) is 0 Å². The first-order chi connectivity index (χ1) is 9.31. The Hall–Kier alpha value is -0.880. The summed E-state index contributed by atoms with van der Waals surface area (Å²) in [6.07, 6.45) is 5.95. The number of hydrogen-bond donors (Lipinski definition) is 1. The summed E-state index contributed by atoms with van der Waals surface area (Å²) in [4.78, 5) is 0.309. The zero-order valence-electron chi connectivity index (χ0n) is 12.8. The third-order valence-corrected chi connectivity index (χ3v) is 5.70. The van der Waals surface area contributed by atoms with E-state index in [1.807, 2.05) is 13.8 Å². The SMILES string of the molecule is Cc1nn(C(C)C)cc1S(=O)(=O)NC1CCCCC1C. The zero-order valence-corrected chi connectivity index (χ0v) is 13.6. The van der Waals surface area contributed by atoms with Gasteiger partial charge >= 0.3 is 0 Å². The predicted octanol–water partition coefficient (Wildman–Crippen LogP) is 2.63. The van der Waals surface area contributed by atoms with Crippen molar-refractivity contribution in [2.75, 3.05) is 0 Å². The molecule has 1 aromatic rings. The minimum Gasteiger partial charge on any atom is -0.269 e. The van der Waals surface area contributed by atoms with Crippen LogP contribution in [0.3, 0.4) is 0 Å². The van der Waals surface area contributed by atoms with Gasteiger partial charge in [0.25, 0.3) is 0 Å². The molecule has 1 saturated carbocycles. The first-order valence-corrected chi connectivity index (χ1v) is 8.87. The van der Waals surface area contributed by atoms with Crippen LogP contribution in [0.4, 0.5) is 0 Å². The van der Waals surface area contributed by atoms with Crippen molar-refractivity contribution in [1.82, 2.24) is 14.5 Å². The number of rotatable bonds is 4. The highest BCUT2D eigenvalue weighted by Crippen LogP contribution is 2.26. The lowest BCUT2D eigenvalue weighted by Crippen LogP contribution is -2.41. The first-order valence-electron chi connectivity index (χ1n) is 7.39. The van der Waals surface area contributed by atoms with E-state index in [-0.39, 0.29) is 12.1 Å². The Labute approximate surface area is 121 Å². The molecule has 0 aliphatic heterocycles. The number of hydrogen-bond acceptors (Lipinski definition) is 3. The Morgan fingerprint density at radius 3 is 2.55 bits per heavy atom. The van der Waals surface area contributed by atoms with Crippen molar-refractivity contribution >= 4 is 10.0 Å². The number of aryl methyl sites for hydroxylation is 1. The van der Waals surface area contributed by atoms with E-state index >= 15 is 0 Å². The quantitative estimate of drug-likeness (QED) is 0.929. The molecular formula is C14H25N3O2S. The Morgan fingerprint density at radius 1 is 1.35 bits per heavy atom. The van der Waals surface area contributed by atoms with Gasteiger partial charge in [0.15, 0.2) is 0 Å². The summed E-state index contributed by atoms with van der Waals surface area (Å²) < 4.78 is 29.7. The van der Waals surface area contributed by atoms with Crippen molar-refractivity contribution in [1.29, 1.82) is 0 Å². The second-order valence-corrected chi connectivity index (χ2v) is 7.82. The van der Waals surface area contributed by atoms with Crippen LogP contribution in [0.15, 0.2) is 11.1 Å². The van der Waals surface area contributed by atoms with Crippen molar-refractivity contribution in [3.05, 3.63) is 11.9 Å². The molecule has 6 heteroatoms. The van der Waals surface area contributed by atoms with Gasteiger partial charge in [0, 0.05) is 18.3 Å². The highest BCUT2D eigenvalue weighted by atomic mass is 32.2. The molecular weight excluding hydrogens is 274 g/mol. The fourth-order valence-electron chi connectivity index (χ4n) is 2.75. The van der Waals surface area contributed by atoms with Gasteiger partial charge in [0.05, 0.1) is 5.69 Å². The molecule has 0 radical (unpaired) electrons. The summed E-state index contributed by atoms with van der Waals surface area (Å²) in [6.45, 7) is 7.84. The van der Waals surface area contributed by atoms with Crippen LogP contribution < -0.4 is 4.72 Å². The summed E-state index contributed by atoms with van der Waals surface area (Å²) in [5.74, 6) is 0.402. The fourth-order valence-corrected chi connectivity index (χ4v) is 4.30. The van der Waals surface area contributed by atoms with Crippen LogP contribution in [-0.2, 0) is 10.0 Å². The van der Waals surface area contributed by atoms with Gasteiger partial charge in [-0.2, -0.15) is 5.10 Å². The summed E-state index contributed by atoms with van der Waals surface area (Å²) in [6, 6.07) is 0.210. The summed E-state index contributed by atoms with van der Waals surface area (Å²) in [5.41, 5.74) is 0.565. The Bertz CT molecular complexity index is 563. The van der Waals surface area contributed by atoms with Crippen LogP contribution in [0.5, 0.6) is 0 Å². The number of sulfonamides is 1. The standard InChI is InChI=1S/C14H25N3O2S/c1-10(2)17-9-14(12(4)15-17)20(18,19)16-13-8-6-5-7-11(13)3/h9-11,13,16H,5-8H2,1-4H3. The second-order valence-electron chi connectivity index (χ2n) is 6.14. The Kier molecular flexibility index (Phi) is 4.54. The molecule has 2 atom stereocenters. The van der Waals surface area contributed by atoms with Gasteiger partial charge in [-0.25, -0.2) is 13.1 Å². The van der Waals surface area contributed by atoms with E-state index in [1.54, 1.807) is 17.8 Å². The van der Waals surface area contributed by atoms with Gasteiger partial charge in [-0.05, 0) is 39.5 Å². The van der Waals surface area contributed by atoms with E-state index < -0.39 is 10.0 Å². The van der Waals surface area contributed by atoms with Crippen LogP contribution in [0.1, 0.15) is 58.2 Å². The average Bonchev–Trinajstić information content (AvgIpc) is 2.75. The molecule has 1 aliphatic rings. The fraction of sp³-hybridized carbons (Fsp3) is 0.786. The monoisotopic (exact) mass is 299 g/mol. The minimum atomic E-state index is -3.47. The molecule has 0 amide bonds. The molecule has 1 aliphatic carbocycles. The topological polar surface area (TPSA) is 64.0 Å². The lowest BCUT2D eigenvalue weighted by atomic mass is 9.87. The highest BCUT2D eigenvalue weighted by Gasteiger charge is 2.28. The van der Waals surface area contributed by atoms with Crippen molar-refractivity contribution in [3.8, 4) is 0 Å². The molecule has 2 rings (SSSR count). The summed E-state index contributed by atoms with van der Waals surface area (Å²) in [5, 5.41) is 4.29. The van der Waals surface area contributed by atoms with Crippen LogP contribution in [0.25, 0.3) is 0 Å². The molecule has 1 N–H and O–H groups in total. The van der Waals surface area contributed by atoms with E-state index in [0.29, 0.717) is 16.5 Å². The molecule has 0 spiro atoms. The lowest BCUT2D eigenvalue weighted by molar-refractivity contribution is 0.310. The number of nitrogens with zero attached hydrogens (tertiary/aromatic N) is 2. The lowest BCUT2D eigenvalue weighted by Gasteiger charge is -2.29. The Balaban J connectivity index is 2.21. The van der Waals surface area contributed by atoms with E-state index in [1.165, 1.54) is 6.42 Å². The molecule has 114 valence electrons.